The summed E-state index contributed by atoms with van der Waals surface area (Å²) in [5.74, 6) is 0.181. The predicted octanol–water partition coefficient (Wildman–Crippen LogP) is 3.34. The number of carbonyl (C=O) groups is 1. The highest BCUT2D eigenvalue weighted by Gasteiger charge is 2.26. The number of hydrogen-bond donors (Lipinski definition) is 1. The lowest BCUT2D eigenvalue weighted by Gasteiger charge is -2.01. The lowest BCUT2D eigenvalue weighted by Crippen LogP contribution is -2.14. The average molecular weight is 276 g/mol. The summed E-state index contributed by atoms with van der Waals surface area (Å²) in [7, 11) is 0. The van der Waals surface area contributed by atoms with Crippen molar-refractivity contribution >= 4 is 22.4 Å². The van der Waals surface area contributed by atoms with Gasteiger partial charge in [-0.05, 0) is 30.5 Å². The quantitative estimate of drug-likeness (QED) is 0.930. The number of hydrogen-bond acceptors (Lipinski definition) is 3. The molecule has 3 rings (SSSR count). The van der Waals surface area contributed by atoms with Gasteiger partial charge in [-0.1, -0.05) is 12.1 Å². The molecule has 1 aliphatic carbocycles. The van der Waals surface area contributed by atoms with Gasteiger partial charge in [0.05, 0.1) is 12.1 Å². The van der Waals surface area contributed by atoms with Gasteiger partial charge in [0.15, 0.2) is 5.13 Å². The van der Waals surface area contributed by atoms with E-state index in [1.165, 1.54) is 36.3 Å². The lowest BCUT2D eigenvalue weighted by molar-refractivity contribution is -0.115. The van der Waals surface area contributed by atoms with E-state index < -0.39 is 0 Å². The van der Waals surface area contributed by atoms with Crippen LogP contribution >= 0.6 is 11.3 Å². The molecule has 1 fully saturated rings. The van der Waals surface area contributed by atoms with E-state index in [1.54, 1.807) is 12.1 Å². The smallest absolute Gasteiger partial charge is 0.230 e. The number of amides is 1. The normalized spacial score (nSPS) is 14.4. The van der Waals surface area contributed by atoms with Crippen molar-refractivity contribution in [2.75, 3.05) is 5.32 Å². The van der Waals surface area contributed by atoms with Crippen LogP contribution in [0.1, 0.15) is 30.0 Å². The van der Waals surface area contributed by atoms with E-state index in [2.05, 4.69) is 10.3 Å². The van der Waals surface area contributed by atoms with Crippen LogP contribution in [0.4, 0.5) is 9.52 Å². The van der Waals surface area contributed by atoms with Gasteiger partial charge >= 0.3 is 0 Å². The molecule has 1 aromatic carbocycles. The van der Waals surface area contributed by atoms with Crippen molar-refractivity contribution in [1.29, 1.82) is 0 Å². The van der Waals surface area contributed by atoms with Gasteiger partial charge in [-0.3, -0.25) is 4.79 Å². The van der Waals surface area contributed by atoms with Crippen molar-refractivity contribution in [3.8, 4) is 0 Å². The van der Waals surface area contributed by atoms with Crippen molar-refractivity contribution < 1.29 is 9.18 Å². The Labute approximate surface area is 114 Å². The molecule has 98 valence electrons. The van der Waals surface area contributed by atoms with Crippen molar-refractivity contribution in [3.05, 3.63) is 46.7 Å². The third kappa shape index (κ3) is 3.17. The third-order valence-corrected chi connectivity index (χ3v) is 3.82. The van der Waals surface area contributed by atoms with Crippen LogP contribution in [0, 0.1) is 5.82 Å². The molecule has 2 aromatic rings. The minimum Gasteiger partial charge on any atom is -0.302 e. The Bertz CT molecular complexity index is 590. The monoisotopic (exact) mass is 276 g/mol. The Morgan fingerprint density at radius 1 is 1.37 bits per heavy atom. The van der Waals surface area contributed by atoms with Crippen LogP contribution in [0.3, 0.4) is 0 Å². The maximum atomic E-state index is 12.7. The summed E-state index contributed by atoms with van der Waals surface area (Å²) in [5.41, 5.74) is 1.87. The summed E-state index contributed by atoms with van der Waals surface area (Å²) >= 11 is 1.46. The van der Waals surface area contributed by atoms with Gasteiger partial charge < -0.3 is 5.32 Å². The molecule has 5 heteroatoms. The SMILES string of the molecule is O=C(Cc1ccc(F)cc1)Nc1nc(C2CC2)cs1. The molecule has 1 aromatic heterocycles. The predicted molar refractivity (Wildman–Crippen MR) is 72.8 cm³/mol. The first-order valence-electron chi connectivity index (χ1n) is 6.20. The van der Waals surface area contributed by atoms with Gasteiger partial charge in [0, 0.05) is 11.3 Å². The largest absolute Gasteiger partial charge is 0.302 e. The molecule has 3 nitrogen and oxygen atoms in total. The first-order chi connectivity index (χ1) is 9.20. The number of nitrogens with one attached hydrogen (secondary N) is 1. The second kappa shape index (κ2) is 5.09. The fourth-order valence-electron chi connectivity index (χ4n) is 1.86. The Kier molecular flexibility index (Phi) is 3.29. The highest BCUT2D eigenvalue weighted by atomic mass is 32.1. The fourth-order valence-corrected chi connectivity index (χ4v) is 2.67. The van der Waals surface area contributed by atoms with Crippen LogP contribution in [-0.2, 0) is 11.2 Å². The number of thiazole rings is 1. The molecule has 1 N–H and O–H groups in total. The van der Waals surface area contributed by atoms with Crippen LogP contribution in [0.2, 0.25) is 0 Å². The molecule has 0 aliphatic heterocycles. The van der Waals surface area contributed by atoms with Crippen LogP contribution in [0.15, 0.2) is 29.6 Å². The molecular formula is C14H13FN2OS. The molecule has 19 heavy (non-hydrogen) atoms. The molecule has 0 saturated heterocycles. The number of anilines is 1. The summed E-state index contributed by atoms with van der Waals surface area (Å²) in [6.45, 7) is 0. The number of rotatable bonds is 4. The van der Waals surface area contributed by atoms with Crippen molar-refractivity contribution in [1.82, 2.24) is 4.98 Å². The van der Waals surface area contributed by atoms with Gasteiger partial charge in [0.2, 0.25) is 5.91 Å². The zero-order chi connectivity index (χ0) is 13.2. The summed E-state index contributed by atoms with van der Waals surface area (Å²) < 4.78 is 12.7. The maximum Gasteiger partial charge on any atom is 0.230 e. The Hall–Kier alpha value is -1.75. The lowest BCUT2D eigenvalue weighted by atomic mass is 10.1. The summed E-state index contributed by atoms with van der Waals surface area (Å²) in [4.78, 5) is 16.2. The molecule has 1 heterocycles. The number of aromatic nitrogens is 1. The van der Waals surface area contributed by atoms with Gasteiger partial charge in [-0.15, -0.1) is 11.3 Å². The minimum atomic E-state index is -0.293. The van der Waals surface area contributed by atoms with E-state index >= 15 is 0 Å². The number of nitrogens with zero attached hydrogens (tertiary/aromatic N) is 1. The fraction of sp³-hybridized carbons (Fsp3) is 0.286. The highest BCUT2D eigenvalue weighted by Crippen LogP contribution is 2.40. The highest BCUT2D eigenvalue weighted by molar-refractivity contribution is 7.13. The Morgan fingerprint density at radius 3 is 2.79 bits per heavy atom. The molecular weight excluding hydrogens is 263 g/mol. The molecule has 0 bridgehead atoms. The van der Waals surface area contributed by atoms with Gasteiger partial charge in [0.25, 0.3) is 0 Å². The van der Waals surface area contributed by atoms with E-state index in [1.807, 2.05) is 5.38 Å². The van der Waals surface area contributed by atoms with Crippen molar-refractivity contribution in [3.63, 3.8) is 0 Å². The van der Waals surface area contributed by atoms with Crippen LogP contribution in [0.25, 0.3) is 0 Å². The molecule has 0 spiro atoms. The van der Waals surface area contributed by atoms with Crippen LogP contribution in [0.5, 0.6) is 0 Å². The zero-order valence-electron chi connectivity index (χ0n) is 10.2. The average Bonchev–Trinajstić information content (AvgIpc) is 3.14. The molecule has 0 unspecified atom stereocenters. The number of benzene rings is 1. The Balaban J connectivity index is 1.59. The number of carbonyl (C=O) groups excluding carboxylic acids is 1. The van der Waals surface area contributed by atoms with Gasteiger partial charge in [-0.2, -0.15) is 0 Å². The van der Waals surface area contributed by atoms with E-state index in [9.17, 15) is 9.18 Å². The van der Waals surface area contributed by atoms with Crippen molar-refractivity contribution in [2.24, 2.45) is 0 Å². The van der Waals surface area contributed by atoms with Crippen LogP contribution in [-0.4, -0.2) is 10.9 Å². The van der Waals surface area contributed by atoms with Gasteiger partial charge in [0.1, 0.15) is 5.82 Å². The summed E-state index contributed by atoms with van der Waals surface area (Å²) in [6, 6.07) is 5.95. The number of halogens is 1. The second-order valence-electron chi connectivity index (χ2n) is 4.70. The first kappa shape index (κ1) is 12.3. The van der Waals surface area contributed by atoms with E-state index in [-0.39, 0.29) is 18.1 Å². The van der Waals surface area contributed by atoms with Crippen molar-refractivity contribution in [2.45, 2.75) is 25.2 Å². The van der Waals surface area contributed by atoms with Gasteiger partial charge in [-0.25, -0.2) is 9.37 Å². The summed E-state index contributed by atoms with van der Waals surface area (Å²) in [5, 5.41) is 5.44. The zero-order valence-corrected chi connectivity index (χ0v) is 11.0. The third-order valence-electron chi connectivity index (χ3n) is 3.04. The first-order valence-corrected chi connectivity index (χ1v) is 7.08. The molecule has 0 atom stereocenters. The molecule has 1 saturated carbocycles. The summed E-state index contributed by atoms with van der Waals surface area (Å²) in [6.07, 6.45) is 2.64. The van der Waals surface area contributed by atoms with E-state index in [0.29, 0.717) is 11.0 Å². The second-order valence-corrected chi connectivity index (χ2v) is 5.56. The minimum absolute atomic E-state index is 0.122. The van der Waals surface area contributed by atoms with E-state index in [0.717, 1.165) is 11.3 Å². The molecule has 1 amide bonds. The molecule has 1 aliphatic rings. The topological polar surface area (TPSA) is 42.0 Å². The van der Waals surface area contributed by atoms with E-state index in [4.69, 9.17) is 0 Å². The Morgan fingerprint density at radius 2 is 2.11 bits per heavy atom. The standard InChI is InChI=1S/C14H13FN2OS/c15-11-5-1-9(2-6-11)7-13(18)17-14-16-12(8-19-14)10-3-4-10/h1-2,5-6,8,10H,3-4,7H2,(H,16,17,18). The van der Waals surface area contributed by atoms with Crippen LogP contribution < -0.4 is 5.32 Å². The molecule has 0 radical (unpaired) electrons. The maximum absolute atomic E-state index is 12.7.